The van der Waals surface area contributed by atoms with E-state index in [4.69, 9.17) is 9.47 Å². The van der Waals surface area contributed by atoms with Crippen molar-refractivity contribution < 1.29 is 9.47 Å². The summed E-state index contributed by atoms with van der Waals surface area (Å²) in [5.74, 6) is 1.47. The third-order valence-corrected chi connectivity index (χ3v) is 5.11. The van der Waals surface area contributed by atoms with Crippen molar-refractivity contribution >= 4 is 21.9 Å². The summed E-state index contributed by atoms with van der Waals surface area (Å²) in [5.41, 5.74) is 5.93. The fourth-order valence-corrected chi connectivity index (χ4v) is 3.78. The molecular weight excluding hydrogens is 362 g/mol. The van der Waals surface area contributed by atoms with Gasteiger partial charge in [0.15, 0.2) is 0 Å². The summed E-state index contributed by atoms with van der Waals surface area (Å²) in [5, 5.41) is 1.13. The summed E-state index contributed by atoms with van der Waals surface area (Å²) in [4.78, 5) is 9.21. The molecule has 0 aliphatic carbocycles. The van der Waals surface area contributed by atoms with E-state index >= 15 is 0 Å². The van der Waals surface area contributed by atoms with E-state index < -0.39 is 0 Å². The number of hydrogen-bond acceptors (Lipinski definition) is 4. The average Bonchev–Trinajstić information content (AvgIpc) is 3.13. The van der Waals surface area contributed by atoms with Crippen molar-refractivity contribution in [2.24, 2.45) is 0 Å². The van der Waals surface area contributed by atoms with Crippen LogP contribution < -0.4 is 9.47 Å². The van der Waals surface area contributed by atoms with Crippen LogP contribution >= 0.6 is 0 Å². The molecule has 0 saturated heterocycles. The Morgan fingerprint density at radius 2 is 1.62 bits per heavy atom. The summed E-state index contributed by atoms with van der Waals surface area (Å²) in [6.45, 7) is 0. The second kappa shape index (κ2) is 6.95. The van der Waals surface area contributed by atoms with Gasteiger partial charge in [-0.3, -0.25) is 9.97 Å². The van der Waals surface area contributed by atoms with E-state index in [0.29, 0.717) is 0 Å². The van der Waals surface area contributed by atoms with E-state index in [-0.39, 0.29) is 0 Å². The number of methoxy groups -OCH3 is 2. The molecule has 5 heteroatoms. The Hall–Kier alpha value is -3.86. The van der Waals surface area contributed by atoms with E-state index in [9.17, 15) is 0 Å². The van der Waals surface area contributed by atoms with Crippen molar-refractivity contribution in [3.8, 4) is 28.4 Å². The molecule has 0 amide bonds. The number of fused-ring (bicyclic) bond motifs is 3. The van der Waals surface area contributed by atoms with Crippen LogP contribution in [0.15, 0.2) is 79.1 Å². The predicted octanol–water partition coefficient (Wildman–Crippen LogP) is 5.26. The fraction of sp³-hybridized carbons (Fsp3) is 0.0833. The molecule has 3 heterocycles. The number of benzene rings is 2. The molecule has 0 radical (unpaired) electrons. The van der Waals surface area contributed by atoms with Crippen molar-refractivity contribution in [3.63, 3.8) is 0 Å². The Morgan fingerprint density at radius 3 is 2.48 bits per heavy atom. The van der Waals surface area contributed by atoms with Crippen LogP contribution in [0.2, 0.25) is 0 Å². The van der Waals surface area contributed by atoms with Crippen LogP contribution in [0.1, 0.15) is 0 Å². The quantitative estimate of drug-likeness (QED) is 0.426. The van der Waals surface area contributed by atoms with Crippen molar-refractivity contribution in [3.05, 3.63) is 79.1 Å². The third kappa shape index (κ3) is 2.79. The highest BCUT2D eigenvalue weighted by Gasteiger charge is 2.14. The first-order chi connectivity index (χ1) is 14.3. The molecule has 5 nitrogen and oxygen atoms in total. The lowest BCUT2D eigenvalue weighted by Gasteiger charge is -2.12. The molecule has 0 atom stereocenters. The Labute approximate surface area is 168 Å². The lowest BCUT2D eigenvalue weighted by molar-refractivity contribution is 0.395. The van der Waals surface area contributed by atoms with E-state index in [1.807, 2.05) is 54.9 Å². The molecule has 5 rings (SSSR count). The molecule has 0 aliphatic heterocycles. The molecule has 0 N–H and O–H groups in total. The molecule has 0 spiro atoms. The van der Waals surface area contributed by atoms with Crippen LogP contribution in [0, 0.1) is 0 Å². The summed E-state index contributed by atoms with van der Waals surface area (Å²) in [7, 11) is 3.30. The van der Waals surface area contributed by atoms with Crippen molar-refractivity contribution in [2.75, 3.05) is 14.2 Å². The number of ether oxygens (including phenoxy) is 2. The van der Waals surface area contributed by atoms with Gasteiger partial charge in [0.1, 0.15) is 11.5 Å². The van der Waals surface area contributed by atoms with Gasteiger partial charge in [0.05, 0.1) is 36.5 Å². The zero-order valence-electron chi connectivity index (χ0n) is 16.2. The van der Waals surface area contributed by atoms with Crippen LogP contribution in [0.5, 0.6) is 11.5 Å². The van der Waals surface area contributed by atoms with Crippen LogP contribution in [-0.4, -0.2) is 28.8 Å². The Balaban J connectivity index is 1.74. The number of aromatic nitrogens is 3. The minimum Gasteiger partial charge on any atom is -0.497 e. The maximum atomic E-state index is 5.58. The van der Waals surface area contributed by atoms with Gasteiger partial charge in [-0.15, -0.1) is 0 Å². The normalized spacial score (nSPS) is 11.1. The van der Waals surface area contributed by atoms with E-state index in [0.717, 1.165) is 50.4 Å². The number of pyridine rings is 2. The van der Waals surface area contributed by atoms with Gasteiger partial charge in [0.2, 0.25) is 0 Å². The minimum atomic E-state index is 0.720. The Morgan fingerprint density at radius 1 is 0.759 bits per heavy atom. The first kappa shape index (κ1) is 17.3. The predicted molar refractivity (Wildman–Crippen MR) is 115 cm³/mol. The van der Waals surface area contributed by atoms with E-state index in [2.05, 4.69) is 38.8 Å². The van der Waals surface area contributed by atoms with Crippen molar-refractivity contribution in [1.82, 2.24) is 14.5 Å². The molecule has 0 bridgehead atoms. The maximum Gasteiger partial charge on any atom is 0.131 e. The van der Waals surface area contributed by atoms with Crippen LogP contribution in [0.25, 0.3) is 38.9 Å². The summed E-state index contributed by atoms with van der Waals surface area (Å²) >= 11 is 0. The highest BCUT2D eigenvalue weighted by Crippen LogP contribution is 2.35. The fourth-order valence-electron chi connectivity index (χ4n) is 3.78. The zero-order valence-corrected chi connectivity index (χ0v) is 16.2. The molecular formula is C24H19N3O2. The van der Waals surface area contributed by atoms with Crippen LogP contribution in [0.4, 0.5) is 0 Å². The lowest BCUT2D eigenvalue weighted by Crippen LogP contribution is -1.97. The van der Waals surface area contributed by atoms with Gasteiger partial charge >= 0.3 is 0 Å². The Kier molecular flexibility index (Phi) is 4.13. The topological polar surface area (TPSA) is 49.2 Å². The summed E-state index contributed by atoms with van der Waals surface area (Å²) in [6.07, 6.45) is 3.66. The maximum absolute atomic E-state index is 5.58. The minimum absolute atomic E-state index is 0.720. The standard InChI is InChI=1S/C24H19N3O2/c1-28-17-9-10-18(23(15-17)29-2)20-14-16(11-13-25-20)27-21-7-4-3-6-19(21)24-22(27)8-5-12-26-24/h3-15H,1-2H3. The second-order valence-corrected chi connectivity index (χ2v) is 6.69. The van der Waals surface area contributed by atoms with Gasteiger partial charge in [0, 0.05) is 35.1 Å². The highest BCUT2D eigenvalue weighted by molar-refractivity contribution is 6.06. The molecule has 0 saturated carbocycles. The SMILES string of the molecule is COc1ccc(-c2cc(-n3c4ccccc4c4ncccc43)ccn2)c(OC)c1. The second-order valence-electron chi connectivity index (χ2n) is 6.69. The molecule has 3 aromatic heterocycles. The molecule has 29 heavy (non-hydrogen) atoms. The average molecular weight is 381 g/mol. The first-order valence-electron chi connectivity index (χ1n) is 9.33. The van der Waals surface area contributed by atoms with Gasteiger partial charge in [-0.05, 0) is 42.5 Å². The third-order valence-electron chi connectivity index (χ3n) is 5.11. The Bertz CT molecular complexity index is 1290. The number of rotatable bonds is 4. The largest absolute Gasteiger partial charge is 0.497 e. The highest BCUT2D eigenvalue weighted by atomic mass is 16.5. The van der Waals surface area contributed by atoms with Crippen molar-refractivity contribution in [2.45, 2.75) is 0 Å². The molecule has 5 aromatic rings. The molecule has 2 aromatic carbocycles. The summed E-state index contributed by atoms with van der Waals surface area (Å²) < 4.78 is 13.1. The summed E-state index contributed by atoms with van der Waals surface area (Å²) in [6, 6.07) is 22.2. The monoisotopic (exact) mass is 381 g/mol. The van der Waals surface area contributed by atoms with Gasteiger partial charge < -0.3 is 14.0 Å². The van der Waals surface area contributed by atoms with Crippen LogP contribution in [-0.2, 0) is 0 Å². The van der Waals surface area contributed by atoms with E-state index in [1.165, 1.54) is 0 Å². The van der Waals surface area contributed by atoms with Gasteiger partial charge in [0.25, 0.3) is 0 Å². The first-order valence-corrected chi connectivity index (χ1v) is 9.33. The van der Waals surface area contributed by atoms with Crippen molar-refractivity contribution in [1.29, 1.82) is 0 Å². The smallest absolute Gasteiger partial charge is 0.131 e. The van der Waals surface area contributed by atoms with Crippen LogP contribution in [0.3, 0.4) is 0 Å². The molecule has 142 valence electrons. The molecule has 0 unspecified atom stereocenters. The van der Waals surface area contributed by atoms with E-state index in [1.54, 1.807) is 14.2 Å². The van der Waals surface area contributed by atoms with Gasteiger partial charge in [-0.2, -0.15) is 0 Å². The number of nitrogens with zero attached hydrogens (tertiary/aromatic N) is 3. The molecule has 0 fully saturated rings. The number of para-hydroxylation sites is 1. The lowest BCUT2D eigenvalue weighted by atomic mass is 10.1. The zero-order chi connectivity index (χ0) is 19.8. The molecule has 0 aliphatic rings. The number of hydrogen-bond donors (Lipinski definition) is 0. The van der Waals surface area contributed by atoms with Gasteiger partial charge in [-0.1, -0.05) is 18.2 Å². The van der Waals surface area contributed by atoms with Gasteiger partial charge in [-0.25, -0.2) is 0 Å².